The van der Waals surface area contributed by atoms with Crippen molar-refractivity contribution in [2.24, 2.45) is 0 Å². The fraction of sp³-hybridized carbons (Fsp3) is 0.293. The van der Waals surface area contributed by atoms with Crippen LogP contribution in [0.5, 0.6) is 34.5 Å². The largest absolute Gasteiger partial charge is 0.494 e. The van der Waals surface area contributed by atoms with Crippen molar-refractivity contribution in [1.29, 1.82) is 0 Å². The molecule has 9 heterocycles. The van der Waals surface area contributed by atoms with Gasteiger partial charge in [-0.15, -0.1) is 0 Å². The van der Waals surface area contributed by atoms with Gasteiger partial charge >= 0.3 is 0 Å². The number of Topliss-reactive ketones (excluding diaryl/α,β-unsaturated/α-hetero) is 5. The lowest BCUT2D eigenvalue weighted by atomic mass is 9.85. The van der Waals surface area contributed by atoms with E-state index in [1.165, 1.54) is 26.4 Å². The van der Waals surface area contributed by atoms with E-state index in [0.29, 0.717) is 105 Å². The molecular formula is C75H68Cl3FN6O12. The Balaban J connectivity index is 0.000000149. The number of aromatic nitrogens is 6. The Labute approximate surface area is 573 Å². The van der Waals surface area contributed by atoms with Crippen LogP contribution in [0.15, 0.2) is 128 Å². The van der Waals surface area contributed by atoms with Crippen LogP contribution in [0, 0.1) is 5.82 Å². The van der Waals surface area contributed by atoms with Gasteiger partial charge in [0.15, 0.2) is 50.7 Å². The molecule has 0 saturated carbocycles. The average Bonchev–Trinajstić information content (AvgIpc) is 1.53. The number of benzene rings is 4. The molecule has 0 aliphatic carbocycles. The maximum atomic E-state index is 13.8. The Kier molecular flexibility index (Phi) is 20.1. The van der Waals surface area contributed by atoms with Crippen molar-refractivity contribution < 1.29 is 61.9 Å². The van der Waals surface area contributed by atoms with Crippen molar-refractivity contribution >= 4 is 96.4 Å². The summed E-state index contributed by atoms with van der Waals surface area (Å²) in [5, 5.41) is 13.5. The van der Waals surface area contributed by atoms with Crippen LogP contribution in [0.2, 0.25) is 15.3 Å². The van der Waals surface area contributed by atoms with Crippen molar-refractivity contribution in [2.45, 2.75) is 102 Å². The van der Waals surface area contributed by atoms with Crippen LogP contribution in [0.25, 0.3) is 44.0 Å². The van der Waals surface area contributed by atoms with E-state index in [1.54, 1.807) is 92.4 Å². The highest BCUT2D eigenvalue weighted by molar-refractivity contribution is 6.32. The van der Waals surface area contributed by atoms with Gasteiger partial charge < -0.3 is 33.5 Å². The number of hydrogen-bond acceptors (Lipinski definition) is 18. The molecule has 3 aliphatic rings. The number of aliphatic hydroxyl groups is 1. The molecule has 6 aromatic heterocycles. The third-order valence-corrected chi connectivity index (χ3v) is 18.1. The van der Waals surface area contributed by atoms with E-state index in [0.717, 1.165) is 32.8 Å². The first kappa shape index (κ1) is 68.8. The highest BCUT2D eigenvalue weighted by atomic mass is 35.5. The monoisotopic (exact) mass is 1370 g/mol. The van der Waals surface area contributed by atoms with Crippen LogP contribution < -0.4 is 28.4 Å². The zero-order valence-corrected chi connectivity index (χ0v) is 57.0. The van der Waals surface area contributed by atoms with Crippen LogP contribution in [-0.2, 0) is 16.2 Å². The van der Waals surface area contributed by atoms with Gasteiger partial charge in [0.05, 0.1) is 58.0 Å². The van der Waals surface area contributed by atoms with Gasteiger partial charge in [-0.2, -0.15) is 0 Å². The number of carbonyl (C=O) groups excluding carboxylic acids is 5. The number of carbonyl (C=O) groups is 5. The summed E-state index contributed by atoms with van der Waals surface area (Å²) in [6, 6.07) is 30.9. The Bertz CT molecular complexity index is 4810. The topological polar surface area (TPSA) is 238 Å². The smallest absolute Gasteiger partial charge is 0.181 e. The molecule has 0 bridgehead atoms. The first-order valence-corrected chi connectivity index (χ1v) is 32.3. The molecule has 3 aliphatic heterocycles. The molecule has 1 unspecified atom stereocenters. The van der Waals surface area contributed by atoms with Gasteiger partial charge in [0.2, 0.25) is 0 Å². The molecule has 0 fully saturated rings. The minimum Gasteiger partial charge on any atom is -0.494 e. The standard InChI is InChI=1S/C29H24ClFN2O4.C23H23ClN2O4.C23H21ClN2O4/c1-29(2)15-37-28-19(29)14-22(33-27(28)17-6-7-21(31)20(30)12-17)24(35)9-8-23(34)18-11-16-5-4-10-32-26(16)25(13-18)36-3;2*1-23(2)12-30-21-15(23)11-16(26-22(21)24)18(28)7-6-17(27)14-9-13-5-4-8-25-20(13)19(10-14)29-3/h4-7,10-14H,8-9,15H2,1-3H3;4-5,8-11,18,28H,6-7,12H2,1-3H3;4-5,8-11H,6-7,12H2,1-3H3. The van der Waals surface area contributed by atoms with Gasteiger partial charge in [-0.25, -0.2) is 19.3 Å². The lowest BCUT2D eigenvalue weighted by Crippen LogP contribution is -2.19. The van der Waals surface area contributed by atoms with Gasteiger partial charge in [0, 0.05) is 122 Å². The van der Waals surface area contributed by atoms with Crippen molar-refractivity contribution in [1.82, 2.24) is 29.9 Å². The summed E-state index contributed by atoms with van der Waals surface area (Å²) in [5.74, 6) is 1.75. The third-order valence-electron chi connectivity index (χ3n) is 17.3. The predicted molar refractivity (Wildman–Crippen MR) is 368 cm³/mol. The molecule has 0 amide bonds. The Morgan fingerprint density at radius 3 is 1.33 bits per heavy atom. The van der Waals surface area contributed by atoms with E-state index < -0.39 is 11.9 Å². The summed E-state index contributed by atoms with van der Waals surface area (Å²) >= 11 is 18.5. The van der Waals surface area contributed by atoms with Crippen LogP contribution in [0.3, 0.4) is 0 Å². The van der Waals surface area contributed by atoms with Gasteiger partial charge in [-0.1, -0.05) is 94.5 Å². The number of nitrogens with zero attached hydrogens (tertiary/aromatic N) is 6. The van der Waals surface area contributed by atoms with Gasteiger partial charge in [0.25, 0.3) is 0 Å². The highest BCUT2D eigenvalue weighted by Gasteiger charge is 2.38. The van der Waals surface area contributed by atoms with Crippen LogP contribution in [0.4, 0.5) is 4.39 Å². The second kappa shape index (κ2) is 28.3. The minimum atomic E-state index is -0.905. The van der Waals surface area contributed by atoms with E-state index in [-0.39, 0.29) is 110 Å². The Morgan fingerprint density at radius 2 is 0.887 bits per heavy atom. The number of hydrogen-bond donors (Lipinski definition) is 1. The second-order valence-electron chi connectivity index (χ2n) is 25.7. The van der Waals surface area contributed by atoms with E-state index in [1.807, 2.05) is 58.0 Å². The second-order valence-corrected chi connectivity index (χ2v) is 26.8. The van der Waals surface area contributed by atoms with Gasteiger partial charge in [0.1, 0.15) is 62.4 Å². The fourth-order valence-electron chi connectivity index (χ4n) is 11.8. The Morgan fingerprint density at radius 1 is 0.495 bits per heavy atom. The van der Waals surface area contributed by atoms with Gasteiger partial charge in [-0.05, 0) is 97.4 Å². The van der Waals surface area contributed by atoms with Crippen molar-refractivity contribution in [3.05, 3.63) is 199 Å². The summed E-state index contributed by atoms with van der Waals surface area (Å²) in [5.41, 5.74) is 7.23. The number of methoxy groups -OCH3 is 3. The molecule has 18 nitrogen and oxygen atoms in total. The normalized spacial score (nSPS) is 14.5. The molecule has 97 heavy (non-hydrogen) atoms. The molecule has 22 heteroatoms. The predicted octanol–water partition coefficient (Wildman–Crippen LogP) is 16.1. The average molecular weight is 1370 g/mol. The number of rotatable bonds is 19. The molecule has 10 aromatic rings. The van der Waals surface area contributed by atoms with Crippen molar-refractivity contribution in [3.63, 3.8) is 0 Å². The zero-order chi connectivity index (χ0) is 69.3. The fourth-order valence-corrected chi connectivity index (χ4v) is 12.4. The zero-order valence-electron chi connectivity index (χ0n) is 54.7. The first-order valence-electron chi connectivity index (χ1n) is 31.2. The molecule has 4 aromatic carbocycles. The number of pyridine rings is 6. The number of ketones is 5. The van der Waals surface area contributed by atoms with Crippen LogP contribution >= 0.6 is 34.8 Å². The highest BCUT2D eigenvalue weighted by Crippen LogP contribution is 2.47. The number of halogens is 4. The SMILES string of the molecule is COc1cc(C(=O)CCC(=O)c2cc3c(c(-c4ccc(F)c(Cl)c4)n2)OCC3(C)C)cc2cccnc12.COc1cc(C(=O)CCC(=O)c2cc3c(c(Cl)n2)OCC3(C)C)cc2cccnc12.COc1cc(C(=O)CCC(O)c2cc3c(c(Cl)n2)OCC3(C)C)cc2cccnc12. The number of aliphatic hydroxyl groups excluding tert-OH is 1. The lowest BCUT2D eigenvalue weighted by Gasteiger charge is -2.17. The van der Waals surface area contributed by atoms with Crippen molar-refractivity contribution in [3.8, 4) is 45.8 Å². The molecule has 0 saturated heterocycles. The molecule has 13 rings (SSSR count). The van der Waals surface area contributed by atoms with E-state index in [9.17, 15) is 33.5 Å². The van der Waals surface area contributed by atoms with E-state index in [4.69, 9.17) is 63.2 Å². The van der Waals surface area contributed by atoms with Gasteiger partial charge in [-0.3, -0.25) is 38.9 Å². The molecule has 498 valence electrons. The number of fused-ring (bicyclic) bond motifs is 6. The molecular weight excluding hydrogens is 1300 g/mol. The molecule has 0 radical (unpaired) electrons. The summed E-state index contributed by atoms with van der Waals surface area (Å²) < 4.78 is 47.2. The van der Waals surface area contributed by atoms with E-state index >= 15 is 0 Å². The summed E-state index contributed by atoms with van der Waals surface area (Å²) in [4.78, 5) is 90.5. The quantitative estimate of drug-likeness (QED) is 0.0585. The molecule has 1 N–H and O–H groups in total. The molecule has 0 spiro atoms. The number of ether oxygens (including phenoxy) is 6. The van der Waals surface area contributed by atoms with E-state index in [2.05, 4.69) is 43.8 Å². The van der Waals surface area contributed by atoms with Crippen molar-refractivity contribution in [2.75, 3.05) is 41.2 Å². The lowest BCUT2D eigenvalue weighted by molar-refractivity contribution is 0.0915. The maximum absolute atomic E-state index is 13.8. The summed E-state index contributed by atoms with van der Waals surface area (Å²) in [6.07, 6.45) is 4.58. The van der Waals surface area contributed by atoms with Crippen LogP contribution in [-0.4, -0.2) is 105 Å². The third kappa shape index (κ3) is 14.6. The summed E-state index contributed by atoms with van der Waals surface area (Å²) in [6.45, 7) is 13.6. The maximum Gasteiger partial charge on any atom is 0.181 e. The minimum absolute atomic E-state index is 0.00409. The first-order chi connectivity index (χ1) is 46.3. The van der Waals surface area contributed by atoms with Crippen LogP contribution in [0.1, 0.15) is 161 Å². The molecule has 1 atom stereocenters. The Hall–Kier alpha value is -9.53. The summed E-state index contributed by atoms with van der Waals surface area (Å²) in [7, 11) is 4.61.